The Balaban J connectivity index is 1.60. The van der Waals surface area contributed by atoms with Crippen molar-refractivity contribution < 1.29 is 4.79 Å². The summed E-state index contributed by atoms with van der Waals surface area (Å²) in [6.07, 6.45) is 8.94. The van der Waals surface area contributed by atoms with Crippen LogP contribution in [0, 0.1) is 0 Å². The maximum absolute atomic E-state index is 12.0. The fourth-order valence-corrected chi connectivity index (χ4v) is 3.10. The fraction of sp³-hybridized carbons (Fsp3) is 0.929. The van der Waals surface area contributed by atoms with Gasteiger partial charge in [-0.05, 0) is 38.5 Å². The molecule has 0 spiro atoms. The number of nitrogens with zero attached hydrogens (tertiary/aromatic N) is 1. The third-order valence-electron chi connectivity index (χ3n) is 4.20. The van der Waals surface area contributed by atoms with Gasteiger partial charge in [0.25, 0.3) is 0 Å². The molecule has 1 saturated carbocycles. The Morgan fingerprint density at radius 3 is 2.67 bits per heavy atom. The molecule has 0 aromatic carbocycles. The highest BCUT2D eigenvalue weighted by atomic mass is 16.2. The molecule has 2 aliphatic rings. The first-order valence-corrected chi connectivity index (χ1v) is 7.52. The number of nitrogens with one attached hydrogen (secondary N) is 1. The van der Waals surface area contributed by atoms with E-state index < -0.39 is 0 Å². The number of hydrogen-bond donors (Lipinski definition) is 2. The molecule has 2 fully saturated rings. The van der Waals surface area contributed by atoms with Crippen molar-refractivity contribution in [3.63, 3.8) is 0 Å². The molecule has 2 rings (SSSR count). The summed E-state index contributed by atoms with van der Waals surface area (Å²) >= 11 is 0. The van der Waals surface area contributed by atoms with Gasteiger partial charge in [-0.25, -0.2) is 0 Å². The van der Waals surface area contributed by atoms with Crippen molar-refractivity contribution in [2.75, 3.05) is 19.6 Å². The lowest BCUT2D eigenvalue weighted by Gasteiger charge is -2.29. The maximum Gasteiger partial charge on any atom is 0.223 e. The molecule has 2 unspecified atom stereocenters. The highest BCUT2D eigenvalue weighted by Gasteiger charge is 2.20. The minimum atomic E-state index is 0.322. The van der Waals surface area contributed by atoms with E-state index in [1.807, 2.05) is 4.90 Å². The van der Waals surface area contributed by atoms with E-state index in [0.29, 0.717) is 24.4 Å². The third kappa shape index (κ3) is 4.25. The van der Waals surface area contributed by atoms with E-state index in [9.17, 15) is 4.79 Å². The van der Waals surface area contributed by atoms with E-state index in [0.717, 1.165) is 32.5 Å². The molecule has 4 nitrogen and oxygen atoms in total. The van der Waals surface area contributed by atoms with Gasteiger partial charge in [0.2, 0.25) is 5.91 Å². The van der Waals surface area contributed by atoms with Crippen molar-refractivity contribution >= 4 is 5.91 Å². The summed E-state index contributed by atoms with van der Waals surface area (Å²) in [5, 5.41) is 3.49. The van der Waals surface area contributed by atoms with Crippen molar-refractivity contribution in [3.8, 4) is 0 Å². The first-order valence-electron chi connectivity index (χ1n) is 7.52. The molecule has 0 radical (unpaired) electrons. The Kier molecular flexibility index (Phi) is 5.45. The van der Waals surface area contributed by atoms with Crippen LogP contribution in [0.5, 0.6) is 0 Å². The van der Waals surface area contributed by atoms with E-state index in [1.54, 1.807) is 0 Å². The minimum Gasteiger partial charge on any atom is -0.343 e. The van der Waals surface area contributed by atoms with Crippen molar-refractivity contribution in [2.24, 2.45) is 5.73 Å². The molecular weight excluding hydrogens is 226 g/mol. The van der Waals surface area contributed by atoms with E-state index >= 15 is 0 Å². The third-order valence-corrected chi connectivity index (χ3v) is 4.20. The number of likely N-dealkylation sites (tertiary alicyclic amines) is 1. The fourth-order valence-electron chi connectivity index (χ4n) is 3.10. The zero-order chi connectivity index (χ0) is 12.8. The highest BCUT2D eigenvalue weighted by Crippen LogP contribution is 2.17. The van der Waals surface area contributed by atoms with Gasteiger partial charge in [0, 0.05) is 38.1 Å². The molecule has 1 amide bonds. The van der Waals surface area contributed by atoms with Gasteiger partial charge in [-0.2, -0.15) is 0 Å². The van der Waals surface area contributed by atoms with Crippen molar-refractivity contribution in [3.05, 3.63) is 0 Å². The van der Waals surface area contributed by atoms with Crippen LogP contribution in [0.2, 0.25) is 0 Å². The summed E-state index contributed by atoms with van der Waals surface area (Å²) in [7, 11) is 0. The minimum absolute atomic E-state index is 0.322. The summed E-state index contributed by atoms with van der Waals surface area (Å²) in [6, 6.07) is 0.886. The molecular formula is C14H27N3O. The van der Waals surface area contributed by atoms with Crippen LogP contribution >= 0.6 is 0 Å². The monoisotopic (exact) mass is 253 g/mol. The lowest BCUT2D eigenvalue weighted by atomic mass is 9.91. The molecule has 104 valence electrons. The van der Waals surface area contributed by atoms with E-state index in [2.05, 4.69) is 5.32 Å². The van der Waals surface area contributed by atoms with Gasteiger partial charge in [-0.1, -0.05) is 6.42 Å². The second kappa shape index (κ2) is 7.10. The van der Waals surface area contributed by atoms with Crippen molar-refractivity contribution in [1.29, 1.82) is 0 Å². The summed E-state index contributed by atoms with van der Waals surface area (Å²) in [5.74, 6) is 0.322. The molecule has 0 aromatic rings. The normalized spacial score (nSPS) is 29.3. The molecule has 1 heterocycles. The molecule has 4 heteroatoms. The number of nitrogens with two attached hydrogens (primary N) is 1. The Morgan fingerprint density at radius 2 is 1.94 bits per heavy atom. The van der Waals surface area contributed by atoms with Crippen LogP contribution in [0.3, 0.4) is 0 Å². The predicted octanol–water partition coefficient (Wildman–Crippen LogP) is 1.25. The molecule has 18 heavy (non-hydrogen) atoms. The summed E-state index contributed by atoms with van der Waals surface area (Å²) in [5.41, 5.74) is 5.96. The molecule has 1 saturated heterocycles. The predicted molar refractivity (Wildman–Crippen MR) is 73.3 cm³/mol. The molecule has 2 atom stereocenters. The average Bonchev–Trinajstić information content (AvgIpc) is 2.40. The number of hydrogen-bond acceptors (Lipinski definition) is 3. The Labute approximate surface area is 110 Å². The standard InChI is InChI=1S/C14H27N3O/c15-12-5-4-6-13(11-12)16-8-7-14(18)17-9-2-1-3-10-17/h12-13,16H,1-11,15H2. The molecule has 3 N–H and O–H groups in total. The van der Waals surface area contributed by atoms with Gasteiger partial charge in [0.1, 0.15) is 0 Å². The maximum atomic E-state index is 12.0. The first kappa shape index (κ1) is 13.8. The van der Waals surface area contributed by atoms with Crippen molar-refractivity contribution in [1.82, 2.24) is 10.2 Å². The summed E-state index contributed by atoms with van der Waals surface area (Å²) < 4.78 is 0. The number of carbonyl (C=O) groups excluding carboxylic acids is 1. The largest absolute Gasteiger partial charge is 0.343 e. The smallest absolute Gasteiger partial charge is 0.223 e. The van der Waals surface area contributed by atoms with Crippen LogP contribution < -0.4 is 11.1 Å². The van der Waals surface area contributed by atoms with Gasteiger partial charge < -0.3 is 16.0 Å². The summed E-state index contributed by atoms with van der Waals surface area (Å²) in [6.45, 7) is 2.74. The number of piperidine rings is 1. The zero-order valence-corrected chi connectivity index (χ0v) is 11.4. The van der Waals surface area contributed by atoms with Gasteiger partial charge in [-0.3, -0.25) is 4.79 Å². The van der Waals surface area contributed by atoms with Gasteiger partial charge >= 0.3 is 0 Å². The van der Waals surface area contributed by atoms with Gasteiger partial charge in [0.05, 0.1) is 0 Å². The second-order valence-corrected chi connectivity index (χ2v) is 5.77. The number of amides is 1. The first-order chi connectivity index (χ1) is 8.75. The van der Waals surface area contributed by atoms with E-state index in [-0.39, 0.29) is 0 Å². The molecule has 1 aliphatic heterocycles. The van der Waals surface area contributed by atoms with Crippen LogP contribution in [0.15, 0.2) is 0 Å². The van der Waals surface area contributed by atoms with Crippen LogP contribution in [0.4, 0.5) is 0 Å². The Hall–Kier alpha value is -0.610. The Bertz CT molecular complexity index is 264. The lowest BCUT2D eigenvalue weighted by molar-refractivity contribution is -0.132. The zero-order valence-electron chi connectivity index (χ0n) is 11.4. The topological polar surface area (TPSA) is 58.4 Å². The molecule has 1 aliphatic carbocycles. The van der Waals surface area contributed by atoms with Gasteiger partial charge in [0.15, 0.2) is 0 Å². The highest BCUT2D eigenvalue weighted by molar-refractivity contribution is 5.76. The second-order valence-electron chi connectivity index (χ2n) is 5.77. The molecule has 0 bridgehead atoms. The van der Waals surface area contributed by atoms with E-state index in [1.165, 1.54) is 32.1 Å². The number of carbonyl (C=O) groups is 1. The van der Waals surface area contributed by atoms with Crippen LogP contribution in [-0.4, -0.2) is 42.5 Å². The quantitative estimate of drug-likeness (QED) is 0.793. The van der Waals surface area contributed by atoms with E-state index in [4.69, 9.17) is 5.73 Å². The van der Waals surface area contributed by atoms with Crippen LogP contribution in [0.25, 0.3) is 0 Å². The Morgan fingerprint density at radius 1 is 1.17 bits per heavy atom. The van der Waals surface area contributed by atoms with Crippen molar-refractivity contribution in [2.45, 2.75) is 63.5 Å². The van der Waals surface area contributed by atoms with Crippen LogP contribution in [-0.2, 0) is 4.79 Å². The molecule has 0 aromatic heterocycles. The lowest BCUT2D eigenvalue weighted by Crippen LogP contribution is -2.42. The number of rotatable bonds is 4. The van der Waals surface area contributed by atoms with Crippen LogP contribution in [0.1, 0.15) is 51.4 Å². The van der Waals surface area contributed by atoms with Gasteiger partial charge in [-0.15, -0.1) is 0 Å². The average molecular weight is 253 g/mol. The SMILES string of the molecule is NC1CCCC(NCCC(=O)N2CCCCC2)C1. The summed E-state index contributed by atoms with van der Waals surface area (Å²) in [4.78, 5) is 14.0.